The number of hydrogen-bond donors (Lipinski definition) is 1. The van der Waals surface area contributed by atoms with Gasteiger partial charge in [0.25, 0.3) is 0 Å². The zero-order valence-electron chi connectivity index (χ0n) is 8.69. The Balaban J connectivity index is 1.96. The third-order valence-corrected chi connectivity index (χ3v) is 3.15. The fourth-order valence-corrected chi connectivity index (χ4v) is 2.51. The molecule has 0 spiro atoms. The molecule has 0 aliphatic carbocycles. The zero-order valence-corrected chi connectivity index (χ0v) is 8.69. The number of aryl methyl sites for hydroxylation is 2. The largest absolute Gasteiger partial charge is 0.360 e. The van der Waals surface area contributed by atoms with E-state index in [-0.39, 0.29) is 24.7 Å². The molecule has 2 aliphatic rings. The lowest BCUT2D eigenvalue weighted by Crippen LogP contribution is -2.50. The van der Waals surface area contributed by atoms with Crippen molar-refractivity contribution in [2.24, 2.45) is 0 Å². The quantitative estimate of drug-likeness (QED) is 0.681. The van der Waals surface area contributed by atoms with Crippen LogP contribution < -0.4 is 5.32 Å². The van der Waals surface area contributed by atoms with Crippen LogP contribution in [-0.4, -0.2) is 23.1 Å². The van der Waals surface area contributed by atoms with Gasteiger partial charge >= 0.3 is 0 Å². The van der Waals surface area contributed by atoms with E-state index in [0.717, 1.165) is 13.0 Å². The fraction of sp³-hybridized carbons (Fsp3) is 0.545. The Morgan fingerprint density at radius 1 is 1.60 bits per heavy atom. The summed E-state index contributed by atoms with van der Waals surface area (Å²) in [5, 5.41) is 2.99. The first-order valence-electron chi connectivity index (χ1n) is 5.32. The van der Waals surface area contributed by atoms with Gasteiger partial charge in [-0.05, 0) is 25.0 Å². The van der Waals surface area contributed by atoms with Crippen LogP contribution in [0.2, 0.25) is 0 Å². The Kier molecular flexibility index (Phi) is 1.85. The lowest BCUT2D eigenvalue weighted by atomic mass is 9.99. The summed E-state index contributed by atoms with van der Waals surface area (Å²) in [5.41, 5.74) is 2.45. The smallest absolute Gasteiger partial charge is 0.246 e. The topological polar surface area (TPSA) is 43.3 Å². The number of nitrogens with one attached hydrogen (secondary N) is 1. The van der Waals surface area contributed by atoms with Gasteiger partial charge < -0.3 is 14.6 Å². The second-order valence-electron chi connectivity index (χ2n) is 4.33. The molecular formula is C11H14N2O2. The van der Waals surface area contributed by atoms with Crippen LogP contribution >= 0.6 is 0 Å². The van der Waals surface area contributed by atoms with E-state index in [1.807, 2.05) is 0 Å². The van der Waals surface area contributed by atoms with Gasteiger partial charge in [-0.25, -0.2) is 0 Å². The molecule has 3 rings (SSSR count). The van der Waals surface area contributed by atoms with Crippen molar-refractivity contribution in [2.75, 3.05) is 6.61 Å². The van der Waals surface area contributed by atoms with Gasteiger partial charge in [0.15, 0.2) is 0 Å². The Bertz CT molecular complexity index is 411. The zero-order chi connectivity index (χ0) is 10.4. The van der Waals surface area contributed by atoms with E-state index in [0.29, 0.717) is 0 Å². The first kappa shape index (κ1) is 8.97. The summed E-state index contributed by atoms with van der Waals surface area (Å²) in [6, 6.07) is 2.31. The number of hydrogen-bond acceptors (Lipinski definition) is 2. The molecule has 0 bridgehead atoms. The van der Waals surface area contributed by atoms with Crippen LogP contribution in [0.15, 0.2) is 12.3 Å². The van der Waals surface area contributed by atoms with Gasteiger partial charge in [-0.1, -0.05) is 0 Å². The molecule has 4 nitrogen and oxygen atoms in total. The summed E-state index contributed by atoms with van der Waals surface area (Å²) >= 11 is 0. The normalized spacial score (nSPS) is 29.3. The lowest BCUT2D eigenvalue weighted by molar-refractivity contribution is -0.138. The maximum atomic E-state index is 11.2. The molecular weight excluding hydrogens is 192 g/mol. The highest BCUT2D eigenvalue weighted by Crippen LogP contribution is 2.31. The highest BCUT2D eigenvalue weighted by atomic mass is 16.5. The second-order valence-corrected chi connectivity index (χ2v) is 4.33. The van der Waals surface area contributed by atoms with E-state index in [4.69, 9.17) is 4.74 Å². The summed E-state index contributed by atoms with van der Waals surface area (Å²) in [4.78, 5) is 11.2. The molecule has 1 N–H and O–H groups in total. The van der Waals surface area contributed by atoms with Crippen LogP contribution in [0.5, 0.6) is 0 Å². The molecule has 1 saturated heterocycles. The summed E-state index contributed by atoms with van der Waals surface area (Å²) in [6.45, 7) is 3.24. The molecule has 1 fully saturated rings. The average molecular weight is 206 g/mol. The van der Waals surface area contributed by atoms with Crippen LogP contribution in [-0.2, 0) is 16.1 Å². The van der Waals surface area contributed by atoms with E-state index in [1.54, 1.807) is 0 Å². The van der Waals surface area contributed by atoms with Crippen LogP contribution in [0.1, 0.15) is 23.8 Å². The molecule has 3 heterocycles. The average Bonchev–Trinajstić information content (AvgIpc) is 2.58. The predicted molar refractivity (Wildman–Crippen MR) is 54.4 cm³/mol. The summed E-state index contributed by atoms with van der Waals surface area (Å²) in [7, 11) is 0. The van der Waals surface area contributed by atoms with Crippen molar-refractivity contribution in [3.05, 3.63) is 23.5 Å². The molecule has 0 saturated carbocycles. The number of aromatic nitrogens is 1. The van der Waals surface area contributed by atoms with E-state index in [9.17, 15) is 4.79 Å². The van der Waals surface area contributed by atoms with Crippen molar-refractivity contribution in [3.8, 4) is 0 Å². The minimum absolute atomic E-state index is 0.00739. The van der Waals surface area contributed by atoms with Gasteiger partial charge in [-0.2, -0.15) is 0 Å². The van der Waals surface area contributed by atoms with Crippen LogP contribution in [0.4, 0.5) is 0 Å². The Labute approximate surface area is 88.2 Å². The van der Waals surface area contributed by atoms with Gasteiger partial charge in [-0.3, -0.25) is 4.79 Å². The molecule has 1 amide bonds. The standard InChI is InChI=1S/C11H14N2O2/c1-7-4-9-11-8(2-3-13(9)5-7)12-10(14)6-15-11/h4-5,8,11H,2-3,6H2,1H3,(H,12,14). The van der Waals surface area contributed by atoms with Crippen LogP contribution in [0, 0.1) is 6.92 Å². The van der Waals surface area contributed by atoms with Gasteiger partial charge in [0.1, 0.15) is 12.7 Å². The maximum absolute atomic E-state index is 11.2. The van der Waals surface area contributed by atoms with Crippen molar-refractivity contribution in [3.63, 3.8) is 0 Å². The number of ether oxygens (including phenoxy) is 1. The molecule has 2 unspecified atom stereocenters. The Hall–Kier alpha value is -1.29. The number of nitrogens with zero attached hydrogens (tertiary/aromatic N) is 1. The third-order valence-electron chi connectivity index (χ3n) is 3.15. The number of carbonyl (C=O) groups excluding carboxylic acids is 1. The van der Waals surface area contributed by atoms with Gasteiger partial charge in [0.2, 0.25) is 5.91 Å². The van der Waals surface area contributed by atoms with Crippen LogP contribution in [0.25, 0.3) is 0 Å². The highest BCUT2D eigenvalue weighted by molar-refractivity contribution is 5.78. The van der Waals surface area contributed by atoms with Crippen molar-refractivity contribution < 1.29 is 9.53 Å². The molecule has 0 radical (unpaired) electrons. The molecule has 2 atom stereocenters. The van der Waals surface area contributed by atoms with Crippen molar-refractivity contribution in [1.82, 2.24) is 9.88 Å². The lowest BCUT2D eigenvalue weighted by Gasteiger charge is -2.36. The summed E-state index contributed by atoms with van der Waals surface area (Å²) in [5.74, 6) is 0.00739. The SMILES string of the molecule is Cc1cc2n(c1)CCC1NC(=O)COC21. The minimum Gasteiger partial charge on any atom is -0.360 e. The summed E-state index contributed by atoms with van der Waals surface area (Å²) < 4.78 is 7.83. The molecule has 1 aromatic rings. The first-order valence-corrected chi connectivity index (χ1v) is 5.32. The Morgan fingerprint density at radius 3 is 3.33 bits per heavy atom. The van der Waals surface area contributed by atoms with E-state index < -0.39 is 0 Å². The Morgan fingerprint density at radius 2 is 2.47 bits per heavy atom. The van der Waals surface area contributed by atoms with Gasteiger partial charge in [0.05, 0.1) is 6.04 Å². The number of fused-ring (bicyclic) bond motifs is 3. The van der Waals surface area contributed by atoms with E-state index >= 15 is 0 Å². The number of morpholine rings is 1. The molecule has 0 aromatic carbocycles. The molecule has 4 heteroatoms. The maximum Gasteiger partial charge on any atom is 0.246 e. The van der Waals surface area contributed by atoms with Crippen molar-refractivity contribution in [2.45, 2.75) is 32.0 Å². The minimum atomic E-state index is 0.00739. The fourth-order valence-electron chi connectivity index (χ4n) is 2.51. The number of carbonyl (C=O) groups is 1. The van der Waals surface area contributed by atoms with E-state index in [1.165, 1.54) is 11.3 Å². The van der Waals surface area contributed by atoms with Gasteiger partial charge in [0, 0.05) is 18.4 Å². The molecule has 80 valence electrons. The number of rotatable bonds is 0. The summed E-state index contributed by atoms with van der Waals surface area (Å²) in [6.07, 6.45) is 3.15. The molecule has 15 heavy (non-hydrogen) atoms. The van der Waals surface area contributed by atoms with Gasteiger partial charge in [-0.15, -0.1) is 0 Å². The first-order chi connectivity index (χ1) is 7.24. The highest BCUT2D eigenvalue weighted by Gasteiger charge is 2.35. The molecule has 1 aromatic heterocycles. The number of amides is 1. The monoisotopic (exact) mass is 206 g/mol. The molecule has 2 aliphatic heterocycles. The van der Waals surface area contributed by atoms with Crippen molar-refractivity contribution in [1.29, 1.82) is 0 Å². The third kappa shape index (κ3) is 1.36. The predicted octanol–water partition coefficient (Wildman–Crippen LogP) is 0.756. The van der Waals surface area contributed by atoms with Crippen LogP contribution in [0.3, 0.4) is 0 Å². The van der Waals surface area contributed by atoms with E-state index in [2.05, 4.69) is 29.1 Å². The van der Waals surface area contributed by atoms with Crippen molar-refractivity contribution >= 4 is 5.91 Å². The second kappa shape index (κ2) is 3.10.